The summed E-state index contributed by atoms with van der Waals surface area (Å²) in [6, 6.07) is 5.65. The predicted molar refractivity (Wildman–Crippen MR) is 51.3 cm³/mol. The van der Waals surface area contributed by atoms with E-state index >= 15 is 0 Å². The summed E-state index contributed by atoms with van der Waals surface area (Å²) in [6.07, 6.45) is 0. The molecular formula is C10H11NO2. The number of H-pyrrole nitrogens is 1. The summed E-state index contributed by atoms with van der Waals surface area (Å²) in [5.41, 5.74) is 1.76. The first kappa shape index (κ1) is 7.98. The van der Waals surface area contributed by atoms with Gasteiger partial charge in [-0.05, 0) is 25.1 Å². The monoisotopic (exact) mass is 177 g/mol. The molecule has 1 heterocycles. The number of phenolic OH excluding ortho intramolecular Hbond substituents is 1. The Morgan fingerprint density at radius 3 is 2.85 bits per heavy atom. The van der Waals surface area contributed by atoms with Crippen LogP contribution in [-0.2, 0) is 0 Å². The van der Waals surface area contributed by atoms with Crippen molar-refractivity contribution in [3.05, 3.63) is 23.9 Å². The van der Waals surface area contributed by atoms with Gasteiger partial charge in [0.25, 0.3) is 0 Å². The van der Waals surface area contributed by atoms with Gasteiger partial charge in [-0.3, -0.25) is 0 Å². The minimum atomic E-state index is 0.174. The molecule has 0 saturated carbocycles. The summed E-state index contributed by atoms with van der Waals surface area (Å²) >= 11 is 0. The van der Waals surface area contributed by atoms with Crippen molar-refractivity contribution in [2.75, 3.05) is 7.11 Å². The van der Waals surface area contributed by atoms with Crippen molar-refractivity contribution in [2.45, 2.75) is 6.92 Å². The number of nitrogens with one attached hydrogen (secondary N) is 1. The molecule has 1 aromatic heterocycles. The predicted octanol–water partition coefficient (Wildman–Crippen LogP) is 2.19. The van der Waals surface area contributed by atoms with E-state index in [0.717, 1.165) is 16.6 Å². The Hall–Kier alpha value is -1.64. The first-order valence-electron chi connectivity index (χ1n) is 4.07. The summed E-state index contributed by atoms with van der Waals surface area (Å²) in [6.45, 7) is 1.95. The van der Waals surface area contributed by atoms with Crippen LogP contribution >= 0.6 is 0 Å². The molecule has 0 spiro atoms. The first-order valence-corrected chi connectivity index (χ1v) is 4.07. The third kappa shape index (κ3) is 1.13. The molecule has 0 saturated heterocycles. The molecule has 2 N–H and O–H groups in total. The summed E-state index contributed by atoms with van der Waals surface area (Å²) in [4.78, 5) is 3.07. The van der Waals surface area contributed by atoms with Gasteiger partial charge in [0.2, 0.25) is 0 Å². The first-order chi connectivity index (χ1) is 6.22. The lowest BCUT2D eigenvalue weighted by atomic mass is 10.2. The molecular weight excluding hydrogens is 166 g/mol. The number of benzene rings is 1. The van der Waals surface area contributed by atoms with Crippen LogP contribution in [-0.4, -0.2) is 17.2 Å². The van der Waals surface area contributed by atoms with Crippen LogP contribution in [0.5, 0.6) is 11.5 Å². The van der Waals surface area contributed by atoms with E-state index in [2.05, 4.69) is 4.98 Å². The molecule has 2 aromatic rings. The molecule has 2 rings (SSSR count). The van der Waals surface area contributed by atoms with Gasteiger partial charge < -0.3 is 14.8 Å². The summed E-state index contributed by atoms with van der Waals surface area (Å²) in [7, 11) is 1.54. The molecule has 0 unspecified atom stereocenters. The average molecular weight is 177 g/mol. The van der Waals surface area contributed by atoms with E-state index < -0.39 is 0 Å². The van der Waals surface area contributed by atoms with Crippen LogP contribution in [0.1, 0.15) is 5.69 Å². The lowest BCUT2D eigenvalue weighted by Crippen LogP contribution is -1.83. The summed E-state index contributed by atoms with van der Waals surface area (Å²) in [5, 5.41) is 10.7. The van der Waals surface area contributed by atoms with E-state index in [1.807, 2.05) is 19.1 Å². The Labute approximate surface area is 76.0 Å². The Balaban J connectivity index is 2.78. The number of fused-ring (bicyclic) bond motifs is 1. The van der Waals surface area contributed by atoms with Crippen molar-refractivity contribution >= 4 is 10.9 Å². The van der Waals surface area contributed by atoms with Crippen molar-refractivity contribution in [1.82, 2.24) is 4.98 Å². The van der Waals surface area contributed by atoms with E-state index in [9.17, 15) is 5.11 Å². The number of methoxy groups -OCH3 is 1. The van der Waals surface area contributed by atoms with Crippen LogP contribution in [0.4, 0.5) is 0 Å². The molecule has 68 valence electrons. The topological polar surface area (TPSA) is 45.2 Å². The SMILES string of the molecule is COc1ccc2cc(C)[nH]c2c1O. The number of aryl methyl sites for hydroxylation is 1. The Kier molecular flexibility index (Phi) is 1.65. The Morgan fingerprint density at radius 1 is 1.38 bits per heavy atom. The van der Waals surface area contributed by atoms with E-state index in [4.69, 9.17) is 4.74 Å². The number of aromatic hydroxyl groups is 1. The number of ether oxygens (including phenoxy) is 1. The van der Waals surface area contributed by atoms with Crippen molar-refractivity contribution in [2.24, 2.45) is 0 Å². The highest BCUT2D eigenvalue weighted by Gasteiger charge is 2.07. The molecule has 0 aliphatic rings. The molecule has 0 aliphatic carbocycles. The maximum atomic E-state index is 9.71. The quantitative estimate of drug-likeness (QED) is 0.701. The molecule has 0 aliphatic heterocycles. The number of rotatable bonds is 1. The fraction of sp³-hybridized carbons (Fsp3) is 0.200. The number of hydrogen-bond acceptors (Lipinski definition) is 2. The molecule has 3 heteroatoms. The van der Waals surface area contributed by atoms with E-state index in [0.29, 0.717) is 5.75 Å². The number of aromatic amines is 1. The van der Waals surface area contributed by atoms with Gasteiger partial charge in [-0.1, -0.05) is 0 Å². The third-order valence-corrected chi connectivity index (χ3v) is 2.09. The van der Waals surface area contributed by atoms with Gasteiger partial charge in [0.05, 0.1) is 12.6 Å². The largest absolute Gasteiger partial charge is 0.503 e. The van der Waals surface area contributed by atoms with Crippen LogP contribution in [0.25, 0.3) is 10.9 Å². The van der Waals surface area contributed by atoms with E-state index in [-0.39, 0.29) is 5.75 Å². The molecule has 1 aromatic carbocycles. The van der Waals surface area contributed by atoms with Gasteiger partial charge in [-0.2, -0.15) is 0 Å². The minimum absolute atomic E-state index is 0.174. The van der Waals surface area contributed by atoms with Crippen molar-refractivity contribution in [1.29, 1.82) is 0 Å². The highest BCUT2D eigenvalue weighted by atomic mass is 16.5. The summed E-state index contributed by atoms with van der Waals surface area (Å²) in [5.74, 6) is 0.669. The lowest BCUT2D eigenvalue weighted by molar-refractivity contribution is 0.376. The van der Waals surface area contributed by atoms with Gasteiger partial charge in [-0.15, -0.1) is 0 Å². The molecule has 0 fully saturated rings. The zero-order chi connectivity index (χ0) is 9.42. The van der Waals surface area contributed by atoms with Gasteiger partial charge in [0.15, 0.2) is 11.5 Å². The standard InChI is InChI=1S/C10H11NO2/c1-6-5-7-3-4-8(13-2)10(12)9(7)11-6/h3-5,11-12H,1-2H3. The highest BCUT2D eigenvalue weighted by molar-refractivity contribution is 5.88. The number of phenols is 1. The van der Waals surface area contributed by atoms with E-state index in [1.54, 1.807) is 6.07 Å². The smallest absolute Gasteiger partial charge is 0.182 e. The number of hydrogen-bond donors (Lipinski definition) is 2. The molecule has 13 heavy (non-hydrogen) atoms. The molecule has 0 amide bonds. The maximum absolute atomic E-state index is 9.71. The van der Waals surface area contributed by atoms with Crippen molar-refractivity contribution < 1.29 is 9.84 Å². The van der Waals surface area contributed by atoms with Crippen molar-refractivity contribution in [3.8, 4) is 11.5 Å². The molecule has 0 bridgehead atoms. The second-order valence-electron chi connectivity index (χ2n) is 3.03. The second kappa shape index (κ2) is 2.69. The Bertz CT molecular complexity index is 445. The molecule has 0 radical (unpaired) electrons. The maximum Gasteiger partial charge on any atom is 0.182 e. The molecule has 3 nitrogen and oxygen atoms in total. The zero-order valence-electron chi connectivity index (χ0n) is 7.59. The zero-order valence-corrected chi connectivity index (χ0v) is 7.59. The average Bonchev–Trinajstić information content (AvgIpc) is 2.47. The lowest BCUT2D eigenvalue weighted by Gasteiger charge is -2.02. The van der Waals surface area contributed by atoms with Gasteiger partial charge >= 0.3 is 0 Å². The Morgan fingerprint density at radius 2 is 2.15 bits per heavy atom. The summed E-state index contributed by atoms with van der Waals surface area (Å²) < 4.78 is 4.99. The van der Waals surface area contributed by atoms with Gasteiger partial charge in [0, 0.05) is 11.1 Å². The van der Waals surface area contributed by atoms with Crippen LogP contribution in [0.3, 0.4) is 0 Å². The van der Waals surface area contributed by atoms with Crippen LogP contribution in [0, 0.1) is 6.92 Å². The van der Waals surface area contributed by atoms with Crippen LogP contribution in [0.15, 0.2) is 18.2 Å². The van der Waals surface area contributed by atoms with Crippen LogP contribution < -0.4 is 4.74 Å². The second-order valence-corrected chi connectivity index (χ2v) is 3.03. The minimum Gasteiger partial charge on any atom is -0.503 e. The fourth-order valence-corrected chi connectivity index (χ4v) is 1.47. The van der Waals surface area contributed by atoms with Gasteiger partial charge in [0.1, 0.15) is 0 Å². The van der Waals surface area contributed by atoms with Crippen LogP contribution in [0.2, 0.25) is 0 Å². The van der Waals surface area contributed by atoms with Gasteiger partial charge in [-0.25, -0.2) is 0 Å². The highest BCUT2D eigenvalue weighted by Crippen LogP contribution is 2.33. The number of aromatic nitrogens is 1. The normalized spacial score (nSPS) is 10.6. The van der Waals surface area contributed by atoms with Crippen molar-refractivity contribution in [3.63, 3.8) is 0 Å². The molecule has 0 atom stereocenters. The van der Waals surface area contributed by atoms with E-state index in [1.165, 1.54) is 7.11 Å². The third-order valence-electron chi connectivity index (χ3n) is 2.09. The fourth-order valence-electron chi connectivity index (χ4n) is 1.47.